The number of ether oxygens (including phenoxy) is 2. The van der Waals surface area contributed by atoms with Gasteiger partial charge in [0.25, 0.3) is 0 Å². The molecule has 1 fully saturated rings. The first-order valence-electron chi connectivity index (χ1n) is 9.06. The quantitative estimate of drug-likeness (QED) is 0.477. The van der Waals surface area contributed by atoms with Crippen LogP contribution >= 0.6 is 31.9 Å². The lowest BCUT2D eigenvalue weighted by molar-refractivity contribution is 0.150. The van der Waals surface area contributed by atoms with E-state index in [0.29, 0.717) is 33.3 Å². The van der Waals surface area contributed by atoms with Crippen LogP contribution in [0, 0.1) is 0 Å². The zero-order valence-electron chi connectivity index (χ0n) is 16.0. The number of rotatable bonds is 7. The van der Waals surface area contributed by atoms with E-state index in [9.17, 15) is 13.2 Å². The van der Waals surface area contributed by atoms with Crippen LogP contribution in [0.3, 0.4) is 0 Å². The molecule has 2 atom stereocenters. The molecular weight excluding hydrogens is 542 g/mol. The highest BCUT2D eigenvalue weighted by molar-refractivity contribution is 9.11. The molecule has 30 heavy (non-hydrogen) atoms. The minimum absolute atomic E-state index is 0.111. The summed E-state index contributed by atoms with van der Waals surface area (Å²) >= 11 is 6.57. The monoisotopic (exact) mass is 561 g/mol. The molecular formula is C19H21Br2N3O5S. The predicted molar refractivity (Wildman–Crippen MR) is 120 cm³/mol. The normalized spacial score (nSPS) is 18.8. The third kappa shape index (κ3) is 5.94. The number of carbonyl (C=O) groups excluding carboxylic acids is 1. The Labute approximate surface area is 192 Å². The summed E-state index contributed by atoms with van der Waals surface area (Å²) in [7, 11) is -2.18. The maximum Gasteiger partial charge on any atom is 0.411 e. The number of hydrogen-bond donors (Lipinski definition) is 3. The minimum Gasteiger partial charge on any atom is -0.495 e. The fourth-order valence-corrected chi connectivity index (χ4v) is 5.82. The highest BCUT2D eigenvalue weighted by Gasteiger charge is 2.30. The lowest BCUT2D eigenvalue weighted by Gasteiger charge is -2.15. The van der Waals surface area contributed by atoms with Gasteiger partial charge < -0.3 is 14.8 Å². The molecule has 2 aromatic carbocycles. The van der Waals surface area contributed by atoms with E-state index in [1.165, 1.54) is 13.2 Å². The topological polar surface area (TPSA) is 106 Å². The number of para-hydroxylation sites is 2. The molecule has 2 aromatic rings. The van der Waals surface area contributed by atoms with Gasteiger partial charge in [0.15, 0.2) is 0 Å². The Balaban J connectivity index is 1.51. The zero-order valence-corrected chi connectivity index (χ0v) is 20.0. The molecule has 162 valence electrons. The smallest absolute Gasteiger partial charge is 0.411 e. The molecule has 0 aromatic heterocycles. The van der Waals surface area contributed by atoms with Crippen molar-refractivity contribution in [2.24, 2.45) is 0 Å². The van der Waals surface area contributed by atoms with Gasteiger partial charge in [-0.1, -0.05) is 28.1 Å². The van der Waals surface area contributed by atoms with Crippen LogP contribution < -0.4 is 20.1 Å². The average molecular weight is 563 g/mol. The minimum atomic E-state index is -3.70. The molecule has 1 saturated heterocycles. The Bertz CT molecular complexity index is 1020. The van der Waals surface area contributed by atoms with Gasteiger partial charge in [-0.2, -0.15) is 0 Å². The van der Waals surface area contributed by atoms with Crippen LogP contribution in [0.25, 0.3) is 0 Å². The molecule has 1 aliphatic rings. The van der Waals surface area contributed by atoms with Crippen LogP contribution in [0.15, 0.2) is 56.3 Å². The summed E-state index contributed by atoms with van der Waals surface area (Å²) < 4.78 is 39.7. The van der Waals surface area contributed by atoms with E-state index in [1.807, 2.05) is 0 Å². The van der Waals surface area contributed by atoms with Gasteiger partial charge in [-0.3, -0.25) is 5.32 Å². The molecule has 0 saturated carbocycles. The van der Waals surface area contributed by atoms with Crippen molar-refractivity contribution < 1.29 is 22.7 Å². The first-order chi connectivity index (χ1) is 14.3. The van der Waals surface area contributed by atoms with Gasteiger partial charge in [0.2, 0.25) is 10.0 Å². The molecule has 0 radical (unpaired) electrons. The zero-order chi connectivity index (χ0) is 21.7. The van der Waals surface area contributed by atoms with Crippen molar-refractivity contribution in [2.75, 3.05) is 25.6 Å². The number of sulfonamides is 1. The van der Waals surface area contributed by atoms with Crippen molar-refractivity contribution in [3.05, 3.63) is 51.4 Å². The highest BCUT2D eigenvalue weighted by atomic mass is 79.9. The maximum absolute atomic E-state index is 12.7. The number of carbonyl (C=O) groups is 1. The second-order valence-electron chi connectivity index (χ2n) is 6.66. The van der Waals surface area contributed by atoms with Crippen molar-refractivity contribution in [1.82, 2.24) is 10.0 Å². The van der Waals surface area contributed by atoms with Crippen LogP contribution in [0.4, 0.5) is 10.5 Å². The van der Waals surface area contributed by atoms with Crippen molar-refractivity contribution in [2.45, 2.75) is 23.4 Å². The first kappa shape index (κ1) is 23.0. The van der Waals surface area contributed by atoms with Gasteiger partial charge in [-0.05, 0) is 52.7 Å². The van der Waals surface area contributed by atoms with Crippen molar-refractivity contribution >= 4 is 53.7 Å². The van der Waals surface area contributed by atoms with E-state index in [0.717, 1.165) is 0 Å². The second-order valence-corrected chi connectivity index (χ2v) is 10.1. The van der Waals surface area contributed by atoms with Gasteiger partial charge >= 0.3 is 6.09 Å². The molecule has 11 heteroatoms. The Morgan fingerprint density at radius 3 is 2.77 bits per heavy atom. The lowest BCUT2D eigenvalue weighted by atomic mass is 10.2. The fraction of sp³-hybridized carbons (Fsp3) is 0.316. The van der Waals surface area contributed by atoms with Crippen LogP contribution in [0.1, 0.15) is 6.42 Å². The number of hydrogen-bond acceptors (Lipinski definition) is 6. The van der Waals surface area contributed by atoms with E-state index >= 15 is 0 Å². The molecule has 0 unspecified atom stereocenters. The summed E-state index contributed by atoms with van der Waals surface area (Å²) in [6, 6.07) is 11.5. The Morgan fingerprint density at radius 2 is 2.00 bits per heavy atom. The van der Waals surface area contributed by atoms with Crippen molar-refractivity contribution in [1.29, 1.82) is 0 Å². The third-order valence-electron chi connectivity index (χ3n) is 4.49. The van der Waals surface area contributed by atoms with Crippen LogP contribution in [0.5, 0.6) is 5.75 Å². The second kappa shape index (κ2) is 10.1. The lowest BCUT2D eigenvalue weighted by Crippen LogP contribution is -2.36. The largest absolute Gasteiger partial charge is 0.495 e. The number of anilines is 1. The van der Waals surface area contributed by atoms with Gasteiger partial charge in [0, 0.05) is 27.6 Å². The van der Waals surface area contributed by atoms with Crippen LogP contribution in [-0.2, 0) is 14.8 Å². The Kier molecular flexibility index (Phi) is 7.75. The molecule has 0 bridgehead atoms. The van der Waals surface area contributed by atoms with Gasteiger partial charge in [-0.15, -0.1) is 0 Å². The third-order valence-corrected chi connectivity index (χ3v) is 7.49. The molecule has 3 rings (SSSR count). The number of benzene rings is 2. The molecule has 1 aliphatic heterocycles. The van der Waals surface area contributed by atoms with Crippen molar-refractivity contribution in [3.63, 3.8) is 0 Å². The molecule has 1 amide bonds. The average Bonchev–Trinajstić information content (AvgIpc) is 3.15. The Morgan fingerprint density at radius 1 is 1.23 bits per heavy atom. The molecule has 0 aliphatic carbocycles. The predicted octanol–water partition coefficient (Wildman–Crippen LogP) is 3.48. The molecule has 1 heterocycles. The van der Waals surface area contributed by atoms with Gasteiger partial charge in [-0.25, -0.2) is 17.9 Å². The van der Waals surface area contributed by atoms with Crippen molar-refractivity contribution in [3.8, 4) is 5.75 Å². The summed E-state index contributed by atoms with van der Waals surface area (Å²) in [6.07, 6.45) is -0.115. The van der Waals surface area contributed by atoms with Gasteiger partial charge in [0.05, 0.1) is 17.7 Å². The van der Waals surface area contributed by atoms with Crippen LogP contribution in [-0.4, -0.2) is 46.9 Å². The Hall–Kier alpha value is -1.66. The summed E-state index contributed by atoms with van der Waals surface area (Å²) in [5.74, 6) is 0.529. The van der Waals surface area contributed by atoms with E-state index in [4.69, 9.17) is 9.47 Å². The maximum atomic E-state index is 12.7. The van der Waals surface area contributed by atoms with E-state index in [1.54, 1.807) is 36.4 Å². The fourth-order valence-electron chi connectivity index (χ4n) is 3.07. The standard InChI is InChI=1S/C19H21Br2N3O5S/c1-28-17-5-3-2-4-16(17)23-19(25)29-11-14-9-13(10-22-14)24-30(26,27)18-8-12(20)6-7-15(18)21/h2-8,13-14,22,24H,9-11H2,1H3,(H,23,25)/t13-,14-/m1/s1. The molecule has 8 nitrogen and oxygen atoms in total. The number of halogens is 2. The number of nitrogens with one attached hydrogen (secondary N) is 3. The molecule has 0 spiro atoms. The van der Waals surface area contributed by atoms with E-state index in [2.05, 4.69) is 47.2 Å². The van der Waals surface area contributed by atoms with E-state index in [-0.39, 0.29) is 23.6 Å². The van der Waals surface area contributed by atoms with Crippen LogP contribution in [0.2, 0.25) is 0 Å². The summed E-state index contributed by atoms with van der Waals surface area (Å²) in [5.41, 5.74) is 0.509. The first-order valence-corrected chi connectivity index (χ1v) is 12.1. The van der Waals surface area contributed by atoms with E-state index < -0.39 is 16.1 Å². The molecule has 3 N–H and O–H groups in total. The summed E-state index contributed by atoms with van der Waals surface area (Å²) in [5, 5.41) is 5.80. The number of amides is 1. The van der Waals surface area contributed by atoms with Gasteiger partial charge in [0.1, 0.15) is 12.4 Å². The summed E-state index contributed by atoms with van der Waals surface area (Å²) in [6.45, 7) is 0.548. The highest BCUT2D eigenvalue weighted by Crippen LogP contribution is 2.26. The summed E-state index contributed by atoms with van der Waals surface area (Å²) in [4.78, 5) is 12.2. The SMILES string of the molecule is COc1ccccc1NC(=O)OC[C@H]1C[C@@H](NS(=O)(=O)c2cc(Br)ccc2Br)CN1. The number of methoxy groups -OCH3 is 1.